The number of unbranched alkanes of at least 4 members (excludes halogenated alkanes) is 2. The molecule has 0 saturated carbocycles. The molecular formula is C20H28. The molecule has 0 saturated heterocycles. The van der Waals surface area contributed by atoms with Crippen molar-refractivity contribution in [3.8, 4) is 0 Å². The van der Waals surface area contributed by atoms with E-state index in [4.69, 9.17) is 0 Å². The fourth-order valence-corrected chi connectivity index (χ4v) is 3.22. The van der Waals surface area contributed by atoms with Crippen LogP contribution in [0, 0.1) is 5.92 Å². The monoisotopic (exact) mass is 268 g/mol. The van der Waals surface area contributed by atoms with E-state index in [2.05, 4.69) is 56.3 Å². The number of benzene rings is 2. The summed E-state index contributed by atoms with van der Waals surface area (Å²) in [5.74, 6) is 0.859. The van der Waals surface area contributed by atoms with E-state index in [-0.39, 0.29) is 0 Å². The maximum absolute atomic E-state index is 2.32. The highest BCUT2D eigenvalue weighted by Crippen LogP contribution is 2.25. The van der Waals surface area contributed by atoms with Crippen LogP contribution in [-0.2, 0) is 6.42 Å². The average Bonchev–Trinajstić information content (AvgIpc) is 2.48. The summed E-state index contributed by atoms with van der Waals surface area (Å²) in [6.45, 7) is 4.61. The lowest BCUT2D eigenvalue weighted by Crippen LogP contribution is -2.05. The molecule has 0 fully saturated rings. The highest BCUT2D eigenvalue weighted by molar-refractivity contribution is 5.85. The van der Waals surface area contributed by atoms with Crippen molar-refractivity contribution in [2.75, 3.05) is 0 Å². The first kappa shape index (κ1) is 15.1. The maximum atomic E-state index is 2.32. The van der Waals surface area contributed by atoms with Crippen molar-refractivity contribution >= 4 is 10.8 Å². The van der Waals surface area contributed by atoms with Crippen molar-refractivity contribution in [1.82, 2.24) is 0 Å². The zero-order valence-corrected chi connectivity index (χ0v) is 13.1. The molecule has 2 rings (SSSR count). The van der Waals surface area contributed by atoms with Crippen LogP contribution in [-0.4, -0.2) is 0 Å². The van der Waals surface area contributed by atoms with Crippen LogP contribution >= 0.6 is 0 Å². The van der Waals surface area contributed by atoms with Gasteiger partial charge < -0.3 is 0 Å². The smallest absolute Gasteiger partial charge is 0.0152 e. The topological polar surface area (TPSA) is 0 Å². The first-order valence-electron chi connectivity index (χ1n) is 8.31. The molecule has 0 bridgehead atoms. The summed E-state index contributed by atoms with van der Waals surface area (Å²) < 4.78 is 0. The molecule has 0 aromatic heterocycles. The van der Waals surface area contributed by atoms with Gasteiger partial charge in [0.05, 0.1) is 0 Å². The zero-order valence-electron chi connectivity index (χ0n) is 13.1. The Hall–Kier alpha value is -1.30. The summed E-state index contributed by atoms with van der Waals surface area (Å²) in [6, 6.07) is 15.6. The van der Waals surface area contributed by atoms with Crippen LogP contribution in [0.15, 0.2) is 42.5 Å². The molecule has 0 N–H and O–H groups in total. The summed E-state index contributed by atoms with van der Waals surface area (Å²) in [4.78, 5) is 0. The summed E-state index contributed by atoms with van der Waals surface area (Å²) in [5.41, 5.74) is 1.54. The lowest BCUT2D eigenvalue weighted by Gasteiger charge is -2.17. The molecular weight excluding hydrogens is 240 g/mol. The molecule has 0 amide bonds. The standard InChI is InChI=1S/C20H28/c1-3-5-6-11-17(10-4-2)16-19-14-9-13-18-12-7-8-15-20(18)19/h7-9,12-15,17H,3-6,10-11,16H2,1-2H3. The first-order chi connectivity index (χ1) is 9.85. The Morgan fingerprint density at radius 2 is 1.60 bits per heavy atom. The fourth-order valence-electron chi connectivity index (χ4n) is 3.22. The third-order valence-electron chi connectivity index (χ3n) is 4.30. The molecule has 0 nitrogen and oxygen atoms in total. The summed E-state index contributed by atoms with van der Waals surface area (Å²) in [6.07, 6.45) is 9.42. The molecule has 2 aromatic carbocycles. The minimum absolute atomic E-state index is 0.859. The van der Waals surface area contributed by atoms with Crippen LogP contribution in [0.4, 0.5) is 0 Å². The predicted octanol–water partition coefficient (Wildman–Crippen LogP) is 6.38. The van der Waals surface area contributed by atoms with Gasteiger partial charge in [-0.25, -0.2) is 0 Å². The largest absolute Gasteiger partial charge is 0.0654 e. The number of fused-ring (bicyclic) bond motifs is 1. The van der Waals surface area contributed by atoms with Gasteiger partial charge in [0.15, 0.2) is 0 Å². The Morgan fingerprint density at radius 3 is 2.40 bits per heavy atom. The van der Waals surface area contributed by atoms with Gasteiger partial charge in [0, 0.05) is 0 Å². The van der Waals surface area contributed by atoms with Crippen LogP contribution < -0.4 is 0 Å². The normalized spacial score (nSPS) is 12.7. The van der Waals surface area contributed by atoms with Gasteiger partial charge in [-0.3, -0.25) is 0 Å². The second-order valence-corrected chi connectivity index (χ2v) is 5.99. The van der Waals surface area contributed by atoms with Crippen LogP contribution in [0.25, 0.3) is 10.8 Å². The highest BCUT2D eigenvalue weighted by atomic mass is 14.2. The van der Waals surface area contributed by atoms with Gasteiger partial charge in [0.1, 0.15) is 0 Å². The van der Waals surface area contributed by atoms with Crippen molar-refractivity contribution in [2.45, 2.75) is 58.8 Å². The lowest BCUT2D eigenvalue weighted by atomic mass is 9.88. The molecule has 0 aliphatic heterocycles. The van der Waals surface area contributed by atoms with Crippen molar-refractivity contribution < 1.29 is 0 Å². The Kier molecular flexibility index (Phi) is 6.11. The molecule has 2 aromatic rings. The van der Waals surface area contributed by atoms with Crippen LogP contribution in [0.3, 0.4) is 0 Å². The molecule has 0 heterocycles. The van der Waals surface area contributed by atoms with Gasteiger partial charge in [-0.15, -0.1) is 0 Å². The van der Waals surface area contributed by atoms with Crippen molar-refractivity contribution in [1.29, 1.82) is 0 Å². The summed E-state index contributed by atoms with van der Waals surface area (Å²) in [5, 5.41) is 2.83. The molecule has 1 atom stereocenters. The van der Waals surface area contributed by atoms with Gasteiger partial charge in [-0.2, -0.15) is 0 Å². The maximum Gasteiger partial charge on any atom is -0.0152 e. The Balaban J connectivity index is 2.11. The van der Waals surface area contributed by atoms with Crippen molar-refractivity contribution in [2.24, 2.45) is 5.92 Å². The number of hydrogen-bond donors (Lipinski definition) is 0. The molecule has 20 heavy (non-hydrogen) atoms. The number of hydrogen-bond acceptors (Lipinski definition) is 0. The van der Waals surface area contributed by atoms with Crippen LogP contribution in [0.1, 0.15) is 57.9 Å². The van der Waals surface area contributed by atoms with Gasteiger partial charge in [-0.05, 0) is 28.7 Å². The van der Waals surface area contributed by atoms with Crippen LogP contribution in [0.2, 0.25) is 0 Å². The van der Waals surface area contributed by atoms with E-state index < -0.39 is 0 Å². The van der Waals surface area contributed by atoms with E-state index in [9.17, 15) is 0 Å². The van der Waals surface area contributed by atoms with E-state index in [1.165, 1.54) is 61.3 Å². The molecule has 108 valence electrons. The van der Waals surface area contributed by atoms with Crippen molar-refractivity contribution in [3.05, 3.63) is 48.0 Å². The molecule has 0 radical (unpaired) electrons. The lowest BCUT2D eigenvalue weighted by molar-refractivity contribution is 0.423. The van der Waals surface area contributed by atoms with Gasteiger partial charge in [-0.1, -0.05) is 94.8 Å². The SMILES string of the molecule is CCCCCC(CCC)Cc1cccc2ccccc12. The average molecular weight is 268 g/mol. The van der Waals surface area contributed by atoms with Gasteiger partial charge in [0.25, 0.3) is 0 Å². The number of rotatable bonds is 8. The molecule has 0 heteroatoms. The molecule has 0 aliphatic carbocycles. The highest BCUT2D eigenvalue weighted by Gasteiger charge is 2.10. The molecule has 0 aliphatic rings. The van der Waals surface area contributed by atoms with Crippen LogP contribution in [0.5, 0.6) is 0 Å². The summed E-state index contributed by atoms with van der Waals surface area (Å²) >= 11 is 0. The Labute approximate surface area is 124 Å². The van der Waals surface area contributed by atoms with E-state index in [0.717, 1.165) is 5.92 Å². The molecule has 0 spiro atoms. The zero-order chi connectivity index (χ0) is 14.2. The van der Waals surface area contributed by atoms with Gasteiger partial charge >= 0.3 is 0 Å². The van der Waals surface area contributed by atoms with E-state index >= 15 is 0 Å². The second kappa shape index (κ2) is 8.09. The van der Waals surface area contributed by atoms with E-state index in [0.29, 0.717) is 0 Å². The van der Waals surface area contributed by atoms with E-state index in [1.54, 1.807) is 0 Å². The Morgan fingerprint density at radius 1 is 0.800 bits per heavy atom. The van der Waals surface area contributed by atoms with E-state index in [1.807, 2.05) is 0 Å². The minimum Gasteiger partial charge on any atom is -0.0654 e. The summed E-state index contributed by atoms with van der Waals surface area (Å²) in [7, 11) is 0. The Bertz CT molecular complexity index is 507. The fraction of sp³-hybridized carbons (Fsp3) is 0.500. The quantitative estimate of drug-likeness (QED) is 0.487. The first-order valence-corrected chi connectivity index (χ1v) is 8.31. The minimum atomic E-state index is 0.859. The van der Waals surface area contributed by atoms with Crippen molar-refractivity contribution in [3.63, 3.8) is 0 Å². The van der Waals surface area contributed by atoms with Gasteiger partial charge in [0.2, 0.25) is 0 Å². The third-order valence-corrected chi connectivity index (χ3v) is 4.30. The third kappa shape index (κ3) is 4.10. The predicted molar refractivity (Wildman–Crippen MR) is 90.2 cm³/mol. The second-order valence-electron chi connectivity index (χ2n) is 5.99. The molecule has 1 unspecified atom stereocenters.